The maximum Gasteiger partial charge on any atom is 0.273 e. The van der Waals surface area contributed by atoms with Crippen LogP contribution in [0.15, 0.2) is 29.4 Å². The van der Waals surface area contributed by atoms with Crippen LogP contribution >= 0.6 is 27.5 Å². The quantitative estimate of drug-likeness (QED) is 0.475. The molecule has 0 saturated heterocycles. The van der Waals surface area contributed by atoms with E-state index < -0.39 is 16.0 Å². The number of hydrazone groups is 1. The number of carbonyl (C=O) groups is 2. The summed E-state index contributed by atoms with van der Waals surface area (Å²) in [5.74, 6) is -0.811. The predicted molar refractivity (Wildman–Crippen MR) is 73.3 cm³/mol. The largest absolute Gasteiger partial charge is 0.291 e. The highest BCUT2D eigenvalue weighted by Gasteiger charge is 2.52. The molecule has 0 N–H and O–H groups in total. The highest BCUT2D eigenvalue weighted by Crippen LogP contribution is 2.34. The predicted octanol–water partition coefficient (Wildman–Crippen LogP) is 2.50. The van der Waals surface area contributed by atoms with Gasteiger partial charge in [0.2, 0.25) is 4.32 Å². The zero-order valence-corrected chi connectivity index (χ0v) is 12.1. The molecule has 0 fully saturated rings. The maximum absolute atomic E-state index is 12.5. The van der Waals surface area contributed by atoms with Crippen molar-refractivity contribution in [2.75, 3.05) is 7.05 Å². The number of Topliss-reactive ketones (excluding diaryl/α,β-unsaturated/α-hetero) is 1. The Labute approximate surface area is 118 Å². The average molecular weight is 330 g/mol. The number of ketones is 1. The normalized spacial score (nSPS) is 23.2. The van der Waals surface area contributed by atoms with Crippen molar-refractivity contribution in [3.63, 3.8) is 0 Å². The molecular formula is C12H10BrClN2O2. The molecule has 0 spiro atoms. The molecule has 1 aliphatic rings. The van der Waals surface area contributed by atoms with E-state index in [0.717, 1.165) is 5.01 Å². The van der Waals surface area contributed by atoms with Crippen molar-refractivity contribution in [1.29, 1.82) is 0 Å². The van der Waals surface area contributed by atoms with Gasteiger partial charge in [-0.05, 0) is 19.1 Å². The van der Waals surface area contributed by atoms with Gasteiger partial charge in [-0.15, -0.1) is 0 Å². The summed E-state index contributed by atoms with van der Waals surface area (Å²) in [6.45, 7) is 1.63. The summed E-state index contributed by atoms with van der Waals surface area (Å²) in [7, 11) is 1.51. The third kappa shape index (κ3) is 1.78. The number of amides is 1. The number of nitrogens with zero attached hydrogens (tertiary/aromatic N) is 2. The number of hydrogen-bond donors (Lipinski definition) is 0. The van der Waals surface area contributed by atoms with Gasteiger partial charge in [0.25, 0.3) is 5.91 Å². The third-order valence-corrected chi connectivity index (χ3v) is 4.42. The van der Waals surface area contributed by atoms with Crippen LogP contribution in [0.5, 0.6) is 0 Å². The van der Waals surface area contributed by atoms with Crippen molar-refractivity contribution in [2.45, 2.75) is 11.2 Å². The van der Waals surface area contributed by atoms with E-state index in [9.17, 15) is 9.59 Å². The van der Waals surface area contributed by atoms with Crippen molar-refractivity contribution < 1.29 is 9.59 Å². The van der Waals surface area contributed by atoms with Gasteiger partial charge in [-0.25, -0.2) is 5.01 Å². The number of hydrogen-bond acceptors (Lipinski definition) is 3. The second-order valence-electron chi connectivity index (χ2n) is 3.98. The first-order valence-corrected chi connectivity index (χ1v) is 6.38. The van der Waals surface area contributed by atoms with Crippen LogP contribution in [-0.4, -0.2) is 33.8 Å². The fourth-order valence-corrected chi connectivity index (χ4v) is 2.58. The second kappa shape index (κ2) is 4.48. The standard InChI is InChI=1S/C12H10BrClN2O2/c1-7-12(13,11(18)16(2)15-7)10(17)8-5-3-4-6-9(8)14/h3-6H,1-2H3. The van der Waals surface area contributed by atoms with E-state index in [1.54, 1.807) is 31.2 Å². The molecule has 0 bridgehead atoms. The van der Waals surface area contributed by atoms with Crippen LogP contribution in [0.3, 0.4) is 0 Å². The fraction of sp³-hybridized carbons (Fsp3) is 0.250. The highest BCUT2D eigenvalue weighted by atomic mass is 79.9. The van der Waals surface area contributed by atoms with E-state index in [4.69, 9.17) is 11.6 Å². The lowest BCUT2D eigenvalue weighted by Gasteiger charge is -2.19. The molecular weight excluding hydrogens is 320 g/mol. The smallest absolute Gasteiger partial charge is 0.273 e. The van der Waals surface area contributed by atoms with Gasteiger partial charge in [0.1, 0.15) is 0 Å². The molecule has 4 nitrogen and oxygen atoms in total. The Hall–Kier alpha value is -1.20. The summed E-state index contributed by atoms with van der Waals surface area (Å²) < 4.78 is -1.44. The molecule has 94 valence electrons. The van der Waals surface area contributed by atoms with E-state index in [1.807, 2.05) is 0 Å². The monoisotopic (exact) mass is 328 g/mol. The number of rotatable bonds is 2. The molecule has 18 heavy (non-hydrogen) atoms. The number of benzene rings is 1. The van der Waals surface area contributed by atoms with Crippen LogP contribution in [0.2, 0.25) is 5.02 Å². The lowest BCUT2D eigenvalue weighted by molar-refractivity contribution is -0.128. The summed E-state index contributed by atoms with van der Waals surface area (Å²) in [5.41, 5.74) is 0.703. The third-order valence-electron chi connectivity index (χ3n) is 2.82. The Morgan fingerprint density at radius 1 is 1.44 bits per heavy atom. The summed E-state index contributed by atoms with van der Waals surface area (Å²) in [4.78, 5) is 24.6. The van der Waals surface area contributed by atoms with E-state index in [1.165, 1.54) is 7.05 Å². The SMILES string of the molecule is CC1=NN(C)C(=O)C1(Br)C(=O)c1ccccc1Cl. The van der Waals surface area contributed by atoms with Crippen LogP contribution < -0.4 is 0 Å². The summed E-state index contributed by atoms with van der Waals surface area (Å²) in [6.07, 6.45) is 0. The minimum Gasteiger partial charge on any atom is -0.291 e. The van der Waals surface area contributed by atoms with E-state index in [-0.39, 0.29) is 0 Å². The van der Waals surface area contributed by atoms with Gasteiger partial charge in [0.15, 0.2) is 5.78 Å². The number of alkyl halides is 1. The first-order chi connectivity index (χ1) is 8.39. The Morgan fingerprint density at radius 2 is 2.06 bits per heavy atom. The first kappa shape index (κ1) is 13.2. The van der Waals surface area contributed by atoms with Crippen molar-refractivity contribution in [1.82, 2.24) is 5.01 Å². The number of halogens is 2. The van der Waals surface area contributed by atoms with Crippen LogP contribution in [0.1, 0.15) is 17.3 Å². The Kier molecular flexibility index (Phi) is 3.29. The molecule has 1 heterocycles. The van der Waals surface area contributed by atoms with E-state index >= 15 is 0 Å². The van der Waals surface area contributed by atoms with Crippen molar-refractivity contribution in [3.8, 4) is 0 Å². The molecule has 1 atom stereocenters. The zero-order chi connectivity index (χ0) is 13.5. The number of carbonyl (C=O) groups excluding carboxylic acids is 2. The minimum absolute atomic E-state index is 0.300. The Morgan fingerprint density at radius 3 is 2.56 bits per heavy atom. The van der Waals surface area contributed by atoms with Crippen LogP contribution in [-0.2, 0) is 4.79 Å². The molecule has 0 aromatic heterocycles. The average Bonchev–Trinajstić information content (AvgIpc) is 2.54. The fourth-order valence-electron chi connectivity index (χ4n) is 1.81. The molecule has 2 rings (SSSR count). The molecule has 1 aromatic carbocycles. The maximum atomic E-state index is 12.5. The molecule has 1 unspecified atom stereocenters. The molecule has 0 saturated carbocycles. The van der Waals surface area contributed by atoms with Gasteiger partial charge < -0.3 is 0 Å². The first-order valence-electron chi connectivity index (χ1n) is 5.21. The van der Waals surface area contributed by atoms with Crippen LogP contribution in [0, 0.1) is 0 Å². The molecule has 6 heteroatoms. The second-order valence-corrected chi connectivity index (χ2v) is 5.58. The summed E-state index contributed by atoms with van der Waals surface area (Å²) in [6, 6.07) is 6.63. The highest BCUT2D eigenvalue weighted by molar-refractivity contribution is 9.11. The van der Waals surface area contributed by atoms with Gasteiger partial charge in [0.05, 0.1) is 10.7 Å². The van der Waals surface area contributed by atoms with Crippen molar-refractivity contribution in [2.24, 2.45) is 5.10 Å². The van der Waals surface area contributed by atoms with Crippen LogP contribution in [0.4, 0.5) is 0 Å². The van der Waals surface area contributed by atoms with Crippen molar-refractivity contribution in [3.05, 3.63) is 34.9 Å². The molecule has 1 amide bonds. The van der Waals surface area contributed by atoms with Gasteiger partial charge in [-0.1, -0.05) is 39.7 Å². The minimum atomic E-state index is -1.44. The molecule has 0 aliphatic carbocycles. The lowest BCUT2D eigenvalue weighted by atomic mass is 9.93. The molecule has 1 aliphatic heterocycles. The lowest BCUT2D eigenvalue weighted by Crippen LogP contribution is -2.46. The summed E-state index contributed by atoms with van der Waals surface area (Å²) in [5, 5.41) is 5.46. The summed E-state index contributed by atoms with van der Waals surface area (Å²) >= 11 is 9.21. The van der Waals surface area contributed by atoms with Crippen LogP contribution in [0.25, 0.3) is 0 Å². The topological polar surface area (TPSA) is 49.7 Å². The zero-order valence-electron chi connectivity index (χ0n) is 9.78. The van der Waals surface area contributed by atoms with Gasteiger partial charge in [-0.3, -0.25) is 9.59 Å². The van der Waals surface area contributed by atoms with E-state index in [2.05, 4.69) is 21.0 Å². The Balaban J connectivity index is 2.50. The van der Waals surface area contributed by atoms with Crippen molar-refractivity contribution >= 4 is 44.9 Å². The van der Waals surface area contributed by atoms with Gasteiger partial charge in [-0.2, -0.15) is 5.10 Å². The van der Waals surface area contributed by atoms with Gasteiger partial charge in [0, 0.05) is 12.6 Å². The molecule has 0 radical (unpaired) electrons. The van der Waals surface area contributed by atoms with Gasteiger partial charge >= 0.3 is 0 Å². The Bertz CT molecular complexity index is 573. The van der Waals surface area contributed by atoms with E-state index in [0.29, 0.717) is 16.3 Å². The molecule has 1 aromatic rings.